The number of nitrogens with one attached hydrogen (secondary N) is 1. The van der Waals surface area contributed by atoms with Crippen molar-refractivity contribution in [2.75, 3.05) is 26.9 Å². The summed E-state index contributed by atoms with van der Waals surface area (Å²) in [6.07, 6.45) is 4.69. The summed E-state index contributed by atoms with van der Waals surface area (Å²) in [5, 5.41) is 3.17. The Hall–Kier alpha value is -2.89. The van der Waals surface area contributed by atoms with Gasteiger partial charge in [-0.3, -0.25) is 4.79 Å². The van der Waals surface area contributed by atoms with E-state index in [9.17, 15) is 4.79 Å². The van der Waals surface area contributed by atoms with Crippen molar-refractivity contribution in [3.05, 3.63) is 47.5 Å². The minimum Gasteiger partial charge on any atom is -0.493 e. The molecule has 0 atom stereocenters. The molecule has 1 fully saturated rings. The second-order valence-corrected chi connectivity index (χ2v) is 8.16. The lowest BCUT2D eigenvalue weighted by Crippen LogP contribution is -2.42. The van der Waals surface area contributed by atoms with Gasteiger partial charge < -0.3 is 24.3 Å². The molecule has 1 heterocycles. The summed E-state index contributed by atoms with van der Waals surface area (Å²) in [6, 6.07) is 11.7. The number of hydrogen-bond donors (Lipinski definition) is 1. The first kappa shape index (κ1) is 21.3. The molecule has 0 spiro atoms. The van der Waals surface area contributed by atoms with Gasteiger partial charge in [0.2, 0.25) is 5.91 Å². The van der Waals surface area contributed by atoms with Crippen LogP contribution in [0.5, 0.6) is 23.0 Å². The maximum Gasteiger partial charge on any atom is 0.230 e. The molecular weight excluding hydrogens is 394 g/mol. The van der Waals surface area contributed by atoms with Crippen molar-refractivity contribution in [3.8, 4) is 23.0 Å². The van der Waals surface area contributed by atoms with Gasteiger partial charge in [0.25, 0.3) is 0 Å². The van der Waals surface area contributed by atoms with E-state index in [1.54, 1.807) is 7.11 Å². The number of benzene rings is 2. The van der Waals surface area contributed by atoms with E-state index in [-0.39, 0.29) is 5.91 Å². The van der Waals surface area contributed by atoms with Gasteiger partial charge in [0.05, 0.1) is 19.1 Å². The highest BCUT2D eigenvalue weighted by atomic mass is 16.6. The average Bonchev–Trinajstić information content (AvgIpc) is 3.32. The van der Waals surface area contributed by atoms with Crippen molar-refractivity contribution in [1.29, 1.82) is 0 Å². The van der Waals surface area contributed by atoms with E-state index in [4.69, 9.17) is 18.9 Å². The van der Waals surface area contributed by atoms with Gasteiger partial charge in [-0.25, -0.2) is 0 Å². The number of hydrogen-bond acceptors (Lipinski definition) is 5. The SMILES string of the molecule is CCCOc1ccc(CNC(=O)C2(c3ccc4c(c3)OCCO4)CCCC2)cc1OC. The molecule has 0 aromatic heterocycles. The normalized spacial score (nSPS) is 16.6. The Morgan fingerprint density at radius 2 is 1.81 bits per heavy atom. The van der Waals surface area contributed by atoms with Gasteiger partial charge in [-0.15, -0.1) is 0 Å². The quantitative estimate of drug-likeness (QED) is 0.680. The van der Waals surface area contributed by atoms with Crippen LogP contribution in [0.15, 0.2) is 36.4 Å². The van der Waals surface area contributed by atoms with Crippen molar-refractivity contribution >= 4 is 5.91 Å². The summed E-state index contributed by atoms with van der Waals surface area (Å²) in [7, 11) is 1.63. The standard InChI is InChI=1S/C25H31NO5/c1-3-12-29-20-8-6-18(15-22(20)28-2)17-26-24(27)25(10-4-5-11-25)19-7-9-21-23(16-19)31-14-13-30-21/h6-9,15-16H,3-5,10-14,17H2,1-2H3,(H,26,27). The van der Waals surface area contributed by atoms with Crippen molar-refractivity contribution < 1.29 is 23.7 Å². The Morgan fingerprint density at radius 1 is 1.03 bits per heavy atom. The lowest BCUT2D eigenvalue weighted by molar-refractivity contribution is -0.126. The van der Waals surface area contributed by atoms with Crippen molar-refractivity contribution in [1.82, 2.24) is 5.32 Å². The highest BCUT2D eigenvalue weighted by molar-refractivity contribution is 5.88. The number of methoxy groups -OCH3 is 1. The van der Waals surface area contributed by atoms with Crippen LogP contribution >= 0.6 is 0 Å². The van der Waals surface area contributed by atoms with Crippen LogP contribution in [0.1, 0.15) is 50.2 Å². The Kier molecular flexibility index (Phi) is 6.54. The van der Waals surface area contributed by atoms with Crippen molar-refractivity contribution in [2.24, 2.45) is 0 Å². The number of amides is 1. The highest BCUT2D eigenvalue weighted by Crippen LogP contribution is 2.44. The molecule has 0 unspecified atom stereocenters. The highest BCUT2D eigenvalue weighted by Gasteiger charge is 2.43. The van der Waals surface area contributed by atoms with Crippen molar-refractivity contribution in [3.63, 3.8) is 0 Å². The molecule has 0 radical (unpaired) electrons. The van der Waals surface area contributed by atoms with Crippen LogP contribution in [-0.4, -0.2) is 32.8 Å². The molecule has 2 aromatic carbocycles. The van der Waals surface area contributed by atoms with Gasteiger partial charge in [0.1, 0.15) is 13.2 Å². The van der Waals surface area contributed by atoms with Crippen LogP contribution < -0.4 is 24.3 Å². The number of rotatable bonds is 8. The molecule has 1 saturated carbocycles. The predicted octanol–water partition coefficient (Wildman–Crippen LogP) is 4.38. The van der Waals surface area contributed by atoms with Crippen molar-refractivity contribution in [2.45, 2.75) is 51.0 Å². The molecule has 31 heavy (non-hydrogen) atoms. The maximum absolute atomic E-state index is 13.4. The van der Waals surface area contributed by atoms with Gasteiger partial charge in [-0.1, -0.05) is 31.9 Å². The summed E-state index contributed by atoms with van der Waals surface area (Å²) in [5.74, 6) is 2.95. The molecule has 1 aliphatic heterocycles. The van der Waals surface area contributed by atoms with E-state index in [1.807, 2.05) is 36.4 Å². The fourth-order valence-electron chi connectivity index (χ4n) is 4.47. The van der Waals surface area contributed by atoms with Crippen LogP contribution in [0.2, 0.25) is 0 Å². The van der Waals surface area contributed by atoms with E-state index in [0.717, 1.165) is 60.5 Å². The Labute approximate surface area is 183 Å². The molecule has 6 nitrogen and oxygen atoms in total. The Morgan fingerprint density at radius 3 is 2.55 bits per heavy atom. The summed E-state index contributed by atoms with van der Waals surface area (Å²) in [6.45, 7) is 4.25. The van der Waals surface area contributed by atoms with Crippen LogP contribution in [0.4, 0.5) is 0 Å². The fourth-order valence-corrected chi connectivity index (χ4v) is 4.47. The van der Waals surface area contributed by atoms with E-state index in [2.05, 4.69) is 12.2 Å². The molecule has 0 saturated heterocycles. The largest absolute Gasteiger partial charge is 0.493 e. The van der Waals surface area contributed by atoms with Gasteiger partial charge >= 0.3 is 0 Å². The summed E-state index contributed by atoms with van der Waals surface area (Å²) >= 11 is 0. The zero-order chi connectivity index (χ0) is 21.7. The first-order valence-electron chi connectivity index (χ1n) is 11.1. The minimum absolute atomic E-state index is 0.0620. The van der Waals surface area contributed by atoms with Crippen LogP contribution in [-0.2, 0) is 16.8 Å². The zero-order valence-electron chi connectivity index (χ0n) is 18.4. The monoisotopic (exact) mass is 425 g/mol. The summed E-state index contributed by atoms with van der Waals surface area (Å²) in [4.78, 5) is 13.4. The van der Waals surface area contributed by atoms with E-state index in [0.29, 0.717) is 32.1 Å². The molecule has 166 valence electrons. The second-order valence-electron chi connectivity index (χ2n) is 8.16. The third kappa shape index (κ3) is 4.43. The summed E-state index contributed by atoms with van der Waals surface area (Å²) < 4.78 is 22.6. The minimum atomic E-state index is -0.524. The number of ether oxygens (including phenoxy) is 4. The molecule has 6 heteroatoms. The molecule has 1 amide bonds. The molecule has 2 aromatic rings. The molecule has 4 rings (SSSR count). The Balaban J connectivity index is 1.50. The average molecular weight is 426 g/mol. The Bertz CT molecular complexity index is 920. The maximum atomic E-state index is 13.4. The zero-order valence-corrected chi connectivity index (χ0v) is 18.4. The van der Waals surface area contributed by atoms with Crippen LogP contribution in [0.3, 0.4) is 0 Å². The fraction of sp³-hybridized carbons (Fsp3) is 0.480. The van der Waals surface area contributed by atoms with Crippen LogP contribution in [0, 0.1) is 0 Å². The predicted molar refractivity (Wildman–Crippen MR) is 118 cm³/mol. The third-order valence-electron chi connectivity index (χ3n) is 6.13. The van der Waals surface area contributed by atoms with Gasteiger partial charge in [0, 0.05) is 6.54 Å². The smallest absolute Gasteiger partial charge is 0.230 e. The first-order chi connectivity index (χ1) is 15.2. The molecular formula is C25H31NO5. The topological polar surface area (TPSA) is 66.0 Å². The van der Waals surface area contributed by atoms with Crippen LogP contribution in [0.25, 0.3) is 0 Å². The van der Waals surface area contributed by atoms with E-state index >= 15 is 0 Å². The van der Waals surface area contributed by atoms with E-state index in [1.165, 1.54) is 0 Å². The summed E-state index contributed by atoms with van der Waals surface area (Å²) in [5.41, 5.74) is 1.46. The van der Waals surface area contributed by atoms with E-state index < -0.39 is 5.41 Å². The molecule has 0 bridgehead atoms. The second kappa shape index (κ2) is 9.50. The lowest BCUT2D eigenvalue weighted by Gasteiger charge is -2.30. The van der Waals surface area contributed by atoms with Gasteiger partial charge in [-0.05, 0) is 54.7 Å². The third-order valence-corrected chi connectivity index (χ3v) is 6.13. The lowest BCUT2D eigenvalue weighted by atomic mass is 9.77. The van der Waals surface area contributed by atoms with Gasteiger partial charge in [-0.2, -0.15) is 0 Å². The molecule has 1 N–H and O–H groups in total. The number of carbonyl (C=O) groups excluding carboxylic acids is 1. The number of carbonyl (C=O) groups is 1. The molecule has 1 aliphatic carbocycles. The first-order valence-corrected chi connectivity index (χ1v) is 11.1. The molecule has 2 aliphatic rings. The van der Waals surface area contributed by atoms with Gasteiger partial charge in [0.15, 0.2) is 23.0 Å². The number of fused-ring (bicyclic) bond motifs is 1.